The van der Waals surface area contributed by atoms with E-state index in [1.54, 1.807) is 14.0 Å². The highest BCUT2D eigenvalue weighted by molar-refractivity contribution is 6.43. The zero-order valence-corrected chi connectivity index (χ0v) is 7.25. The van der Waals surface area contributed by atoms with Crippen LogP contribution in [0.1, 0.15) is 13.8 Å². The van der Waals surface area contributed by atoms with E-state index in [2.05, 4.69) is 5.32 Å². The summed E-state index contributed by atoms with van der Waals surface area (Å²) in [7, 11) is 1.60. The van der Waals surface area contributed by atoms with Gasteiger partial charge in [-0.1, -0.05) is 0 Å². The largest absolute Gasteiger partial charge is 0.359 e. The van der Waals surface area contributed by atoms with Crippen LogP contribution in [0.4, 0.5) is 0 Å². The zero-order valence-electron chi connectivity index (χ0n) is 5.74. The van der Waals surface area contributed by atoms with Crippen molar-refractivity contribution in [2.24, 2.45) is 0 Å². The molecular formula is C5H11Cl2NO. The summed E-state index contributed by atoms with van der Waals surface area (Å²) in [5, 5.41) is 2.39. The lowest BCUT2D eigenvalue weighted by Crippen LogP contribution is -2.11. The monoisotopic (exact) mass is 171 g/mol. The van der Waals surface area contributed by atoms with Crippen LogP contribution in [-0.2, 0) is 4.79 Å². The first-order chi connectivity index (χ1) is 4.00. The molecule has 0 aromatic carbocycles. The third kappa shape index (κ3) is 70.1. The molecule has 0 fully saturated rings. The minimum atomic E-state index is -0.222. The molecule has 0 aliphatic heterocycles. The van der Waals surface area contributed by atoms with Crippen molar-refractivity contribution in [3.63, 3.8) is 0 Å². The van der Waals surface area contributed by atoms with Crippen molar-refractivity contribution in [3.8, 4) is 0 Å². The third-order valence-corrected chi connectivity index (χ3v) is 0.352. The van der Waals surface area contributed by atoms with Gasteiger partial charge in [0.05, 0.1) is 0 Å². The first-order valence-corrected chi connectivity index (χ1v) is 3.34. The fraction of sp³-hybridized carbons (Fsp3) is 0.800. The van der Waals surface area contributed by atoms with Crippen LogP contribution >= 0.6 is 23.2 Å². The molecule has 0 bridgehead atoms. The van der Waals surface area contributed by atoms with Crippen molar-refractivity contribution >= 4 is 29.1 Å². The second kappa shape index (κ2) is 8.05. The average molecular weight is 172 g/mol. The highest BCUT2D eigenvalue weighted by Gasteiger charge is 1.75. The maximum absolute atomic E-state index is 9.70. The van der Waals surface area contributed by atoms with Crippen LogP contribution < -0.4 is 5.32 Å². The number of hydrogen-bond donors (Lipinski definition) is 1. The fourth-order valence-corrected chi connectivity index (χ4v) is 0. The normalized spacial score (nSPS) is 7.78. The van der Waals surface area contributed by atoms with E-state index in [-0.39, 0.29) is 10.7 Å². The Balaban J connectivity index is 0. The maximum atomic E-state index is 9.70. The van der Waals surface area contributed by atoms with Gasteiger partial charge in [-0.25, -0.2) is 0 Å². The van der Waals surface area contributed by atoms with E-state index in [1.807, 2.05) is 0 Å². The molecule has 4 heteroatoms. The highest BCUT2D eigenvalue weighted by Crippen LogP contribution is 1.95. The molecule has 0 saturated carbocycles. The number of nitrogens with one attached hydrogen (secondary N) is 1. The molecule has 0 rings (SSSR count). The number of halogens is 2. The molecule has 2 nitrogen and oxygen atoms in total. The minimum Gasteiger partial charge on any atom is -0.359 e. The molecule has 0 aliphatic carbocycles. The maximum Gasteiger partial charge on any atom is 0.216 e. The van der Waals surface area contributed by atoms with Crippen molar-refractivity contribution in [2.75, 3.05) is 7.05 Å². The molecule has 0 unspecified atom stereocenters. The Morgan fingerprint density at radius 2 is 1.67 bits per heavy atom. The molecule has 0 aromatic heterocycles. The number of rotatable bonds is 0. The summed E-state index contributed by atoms with van der Waals surface area (Å²) >= 11 is 10.1. The van der Waals surface area contributed by atoms with Gasteiger partial charge in [0.15, 0.2) is 0 Å². The molecule has 1 N–H and O–H groups in total. The Labute approximate surface area is 65.5 Å². The predicted octanol–water partition coefficient (Wildman–Crippen LogP) is 1.56. The summed E-state index contributed by atoms with van der Waals surface area (Å²) in [6.07, 6.45) is 0. The number of alkyl halides is 2. The standard InChI is InChI=1S/C3H7NO.C2H4Cl2/c1-3(5)4-2;1-2(3)4/h1-2H3,(H,4,5);2H,1H3. The van der Waals surface area contributed by atoms with Gasteiger partial charge >= 0.3 is 0 Å². The van der Waals surface area contributed by atoms with Gasteiger partial charge in [0.25, 0.3) is 0 Å². The number of carbonyl (C=O) groups excluding carboxylic acids is 1. The Hall–Kier alpha value is 0.0500. The van der Waals surface area contributed by atoms with E-state index < -0.39 is 0 Å². The molecule has 0 aliphatic rings. The van der Waals surface area contributed by atoms with E-state index in [0.29, 0.717) is 0 Å². The molecule has 0 aromatic rings. The van der Waals surface area contributed by atoms with Crippen molar-refractivity contribution in [2.45, 2.75) is 18.7 Å². The molecule has 0 saturated heterocycles. The van der Waals surface area contributed by atoms with Gasteiger partial charge in [0, 0.05) is 14.0 Å². The molecule has 56 valence electrons. The summed E-state index contributed by atoms with van der Waals surface area (Å²) in [6.45, 7) is 3.17. The molecule has 0 radical (unpaired) electrons. The second-order valence-electron chi connectivity index (χ2n) is 1.33. The van der Waals surface area contributed by atoms with Crippen LogP contribution in [0.3, 0.4) is 0 Å². The first-order valence-electron chi connectivity index (χ1n) is 2.47. The SMILES string of the molecule is CC(Cl)Cl.CNC(C)=O. The van der Waals surface area contributed by atoms with Gasteiger partial charge in [0.2, 0.25) is 5.91 Å². The summed E-state index contributed by atoms with van der Waals surface area (Å²) < 4.78 is 0. The Morgan fingerprint density at radius 1 is 1.56 bits per heavy atom. The van der Waals surface area contributed by atoms with Gasteiger partial charge in [-0.05, 0) is 6.92 Å². The number of carbonyl (C=O) groups is 1. The molecule has 1 amide bonds. The van der Waals surface area contributed by atoms with Crippen LogP contribution in [0.2, 0.25) is 0 Å². The van der Waals surface area contributed by atoms with Crippen molar-refractivity contribution in [1.82, 2.24) is 5.32 Å². The van der Waals surface area contributed by atoms with Gasteiger partial charge in [-0.3, -0.25) is 4.79 Å². The van der Waals surface area contributed by atoms with Gasteiger partial charge < -0.3 is 5.32 Å². The van der Waals surface area contributed by atoms with E-state index in [0.717, 1.165) is 0 Å². The average Bonchev–Trinajstić information content (AvgIpc) is 1.65. The van der Waals surface area contributed by atoms with Crippen molar-refractivity contribution in [1.29, 1.82) is 0 Å². The van der Waals surface area contributed by atoms with Crippen molar-refractivity contribution < 1.29 is 4.79 Å². The lowest BCUT2D eigenvalue weighted by atomic mass is 10.7. The third-order valence-electron chi connectivity index (χ3n) is 0.352. The molecule has 0 heterocycles. The van der Waals surface area contributed by atoms with Gasteiger partial charge in [-0.15, -0.1) is 23.2 Å². The lowest BCUT2D eigenvalue weighted by Gasteiger charge is -1.80. The second-order valence-corrected chi connectivity index (χ2v) is 2.86. The van der Waals surface area contributed by atoms with E-state index >= 15 is 0 Å². The summed E-state index contributed by atoms with van der Waals surface area (Å²) in [5.74, 6) is 0.00463. The number of amides is 1. The molecule has 9 heavy (non-hydrogen) atoms. The lowest BCUT2D eigenvalue weighted by molar-refractivity contribution is -0.118. The first kappa shape index (κ1) is 11.8. The smallest absolute Gasteiger partial charge is 0.216 e. The molecular weight excluding hydrogens is 161 g/mol. The van der Waals surface area contributed by atoms with Crippen LogP contribution in [-0.4, -0.2) is 17.8 Å². The summed E-state index contributed by atoms with van der Waals surface area (Å²) in [6, 6.07) is 0. The van der Waals surface area contributed by atoms with Gasteiger partial charge in [0.1, 0.15) is 4.84 Å². The zero-order chi connectivity index (χ0) is 7.86. The summed E-state index contributed by atoms with van der Waals surface area (Å²) in [5.41, 5.74) is 0. The fourth-order valence-electron chi connectivity index (χ4n) is 0. The van der Waals surface area contributed by atoms with Gasteiger partial charge in [-0.2, -0.15) is 0 Å². The number of hydrogen-bond acceptors (Lipinski definition) is 1. The predicted molar refractivity (Wildman–Crippen MR) is 40.9 cm³/mol. The topological polar surface area (TPSA) is 29.1 Å². The minimum absolute atomic E-state index is 0.00463. The molecule has 0 atom stereocenters. The van der Waals surface area contributed by atoms with E-state index in [1.165, 1.54) is 6.92 Å². The highest BCUT2D eigenvalue weighted by atomic mass is 35.5. The molecule has 0 spiro atoms. The van der Waals surface area contributed by atoms with E-state index in [9.17, 15) is 4.79 Å². The Morgan fingerprint density at radius 3 is 1.67 bits per heavy atom. The van der Waals surface area contributed by atoms with Crippen molar-refractivity contribution in [3.05, 3.63) is 0 Å². The van der Waals surface area contributed by atoms with Crippen LogP contribution in [0.25, 0.3) is 0 Å². The van der Waals surface area contributed by atoms with Crippen LogP contribution in [0.15, 0.2) is 0 Å². The quantitative estimate of drug-likeness (QED) is 0.552. The Bertz CT molecular complexity index is 72.6. The Kier molecular flexibility index (Phi) is 10.6. The van der Waals surface area contributed by atoms with Crippen LogP contribution in [0, 0.1) is 0 Å². The summed E-state index contributed by atoms with van der Waals surface area (Å²) in [4.78, 5) is 9.48. The van der Waals surface area contributed by atoms with Crippen LogP contribution in [0.5, 0.6) is 0 Å². The van der Waals surface area contributed by atoms with E-state index in [4.69, 9.17) is 23.2 Å².